The summed E-state index contributed by atoms with van der Waals surface area (Å²) in [5.74, 6) is 0.110. The second-order valence-corrected chi connectivity index (χ2v) is 12.9. The number of thioether (sulfide) groups is 2. The van der Waals surface area contributed by atoms with Crippen molar-refractivity contribution in [3.8, 4) is 0 Å². The number of pyridine rings is 1. The van der Waals surface area contributed by atoms with Gasteiger partial charge in [-0.2, -0.15) is 26.3 Å². The van der Waals surface area contributed by atoms with E-state index in [0.717, 1.165) is 0 Å². The van der Waals surface area contributed by atoms with Crippen molar-refractivity contribution in [3.63, 3.8) is 0 Å². The highest BCUT2D eigenvalue weighted by atomic mass is 32.2. The summed E-state index contributed by atoms with van der Waals surface area (Å²) >= 11 is -0.452. The van der Waals surface area contributed by atoms with Crippen molar-refractivity contribution in [2.24, 2.45) is 0 Å². The van der Waals surface area contributed by atoms with Gasteiger partial charge in [0.2, 0.25) is 0 Å². The average Bonchev–Trinajstić information content (AvgIpc) is 2.84. The Labute approximate surface area is 227 Å². The molecule has 4 rings (SSSR count). The van der Waals surface area contributed by atoms with Crippen molar-refractivity contribution < 1.29 is 34.8 Å². The van der Waals surface area contributed by atoms with Crippen LogP contribution in [0.3, 0.4) is 0 Å². The Bertz CT molecular complexity index is 1360. The van der Waals surface area contributed by atoms with Gasteiger partial charge in [0.15, 0.2) is 0 Å². The number of benzene rings is 3. The summed E-state index contributed by atoms with van der Waals surface area (Å²) in [6.45, 7) is 0. The van der Waals surface area contributed by atoms with Crippen LogP contribution in [0.25, 0.3) is 10.9 Å². The third-order valence-corrected chi connectivity index (χ3v) is 9.43. The summed E-state index contributed by atoms with van der Waals surface area (Å²) in [5.41, 5.74) is -7.23. The minimum atomic E-state index is -4.40. The van der Waals surface area contributed by atoms with Crippen LogP contribution in [0.1, 0.15) is 11.1 Å². The van der Waals surface area contributed by atoms with E-state index in [1.54, 1.807) is 24.3 Å². The number of halogens is 6. The van der Waals surface area contributed by atoms with Gasteiger partial charge in [0, 0.05) is 26.3 Å². The van der Waals surface area contributed by atoms with E-state index >= 15 is 0 Å². The highest BCUT2D eigenvalue weighted by Gasteiger charge is 2.30. The predicted octanol–water partition coefficient (Wildman–Crippen LogP) is 8.07. The molecule has 3 aromatic carbocycles. The Morgan fingerprint density at radius 2 is 1.08 bits per heavy atom. The van der Waals surface area contributed by atoms with Crippen LogP contribution in [-0.2, 0) is 33.1 Å². The zero-order chi connectivity index (χ0) is 27.5. The van der Waals surface area contributed by atoms with Gasteiger partial charge in [0.05, 0.1) is 43.5 Å². The van der Waals surface area contributed by atoms with E-state index in [0.29, 0.717) is 31.8 Å². The van der Waals surface area contributed by atoms with Gasteiger partial charge in [-0.25, -0.2) is 0 Å². The molecular formula is C25H17F6NO2S4. The van der Waals surface area contributed by atoms with Gasteiger partial charge in [-0.1, -0.05) is 30.3 Å². The van der Waals surface area contributed by atoms with Crippen molar-refractivity contribution in [2.45, 2.75) is 42.1 Å². The number of rotatable bonds is 8. The standard InChI is InChI=1S/C25H17F6NO2S4/c26-24(27,28)35-18-7-3-16(4-8-18)14-37(33)21-11-12-22(23-20(21)2-1-13-32-23)38(34)15-17-5-9-19(10-6-17)36-25(29,30)31/h1-13H,14-15H2. The molecule has 0 aliphatic carbocycles. The molecule has 2 atom stereocenters. The van der Waals surface area contributed by atoms with Gasteiger partial charge in [0.1, 0.15) is 0 Å². The molecule has 200 valence electrons. The van der Waals surface area contributed by atoms with Gasteiger partial charge >= 0.3 is 11.0 Å². The van der Waals surface area contributed by atoms with E-state index in [9.17, 15) is 34.8 Å². The third-order valence-electron chi connectivity index (χ3n) is 5.09. The summed E-state index contributed by atoms with van der Waals surface area (Å²) in [5, 5.41) is 0.526. The lowest BCUT2D eigenvalue weighted by molar-refractivity contribution is -0.0337. The molecular weight excluding hydrogens is 589 g/mol. The van der Waals surface area contributed by atoms with Crippen LogP contribution >= 0.6 is 23.5 Å². The van der Waals surface area contributed by atoms with Crippen LogP contribution < -0.4 is 0 Å². The highest BCUT2D eigenvalue weighted by Crippen LogP contribution is 2.38. The molecule has 38 heavy (non-hydrogen) atoms. The van der Waals surface area contributed by atoms with Crippen molar-refractivity contribution in [1.29, 1.82) is 0 Å². The fraction of sp³-hybridized carbons (Fsp3) is 0.160. The van der Waals surface area contributed by atoms with Gasteiger partial charge in [0.25, 0.3) is 0 Å². The lowest BCUT2D eigenvalue weighted by Crippen LogP contribution is -2.03. The number of nitrogens with zero attached hydrogens (tertiary/aromatic N) is 1. The molecule has 0 bridgehead atoms. The summed E-state index contributed by atoms with van der Waals surface area (Å²) < 4.78 is 102. The van der Waals surface area contributed by atoms with E-state index in [4.69, 9.17) is 0 Å². The van der Waals surface area contributed by atoms with Gasteiger partial charge in [-0.05, 0) is 77.1 Å². The first-order chi connectivity index (χ1) is 17.9. The van der Waals surface area contributed by atoms with E-state index in [1.807, 2.05) is 0 Å². The molecule has 0 aliphatic rings. The summed E-state index contributed by atoms with van der Waals surface area (Å²) in [6.07, 6.45) is 1.51. The molecule has 0 saturated carbocycles. The lowest BCUT2D eigenvalue weighted by atomic mass is 10.2. The van der Waals surface area contributed by atoms with Crippen LogP contribution in [0.2, 0.25) is 0 Å². The molecule has 1 aromatic heterocycles. The van der Waals surface area contributed by atoms with Gasteiger partial charge in [-0.3, -0.25) is 13.4 Å². The first-order valence-corrected chi connectivity index (χ1v) is 15.0. The fourth-order valence-electron chi connectivity index (χ4n) is 3.54. The quantitative estimate of drug-likeness (QED) is 0.150. The Hall–Kier alpha value is -2.35. The molecule has 0 aliphatic heterocycles. The van der Waals surface area contributed by atoms with Crippen LogP contribution in [0.5, 0.6) is 0 Å². The van der Waals surface area contributed by atoms with Gasteiger partial charge < -0.3 is 0 Å². The molecule has 13 heteroatoms. The van der Waals surface area contributed by atoms with E-state index in [1.165, 1.54) is 54.7 Å². The van der Waals surface area contributed by atoms with Crippen LogP contribution in [0.15, 0.2) is 98.6 Å². The van der Waals surface area contributed by atoms with E-state index < -0.39 is 32.6 Å². The average molecular weight is 606 g/mol. The van der Waals surface area contributed by atoms with Gasteiger partial charge in [-0.15, -0.1) is 0 Å². The third kappa shape index (κ3) is 7.84. The second kappa shape index (κ2) is 11.8. The molecule has 0 amide bonds. The van der Waals surface area contributed by atoms with Crippen LogP contribution in [-0.4, -0.2) is 24.4 Å². The van der Waals surface area contributed by atoms with Crippen molar-refractivity contribution in [2.75, 3.05) is 0 Å². The monoisotopic (exact) mass is 605 g/mol. The van der Waals surface area contributed by atoms with Crippen molar-refractivity contribution in [1.82, 2.24) is 4.98 Å². The Morgan fingerprint density at radius 3 is 1.55 bits per heavy atom. The summed E-state index contributed by atoms with van der Waals surface area (Å²) in [6, 6.07) is 17.8. The topological polar surface area (TPSA) is 47.0 Å². The fourth-order valence-corrected chi connectivity index (χ4v) is 7.14. The zero-order valence-electron chi connectivity index (χ0n) is 19.1. The molecule has 0 spiro atoms. The summed E-state index contributed by atoms with van der Waals surface area (Å²) in [4.78, 5) is 5.22. The van der Waals surface area contributed by atoms with Crippen LogP contribution in [0, 0.1) is 0 Å². The lowest BCUT2D eigenvalue weighted by Gasteiger charge is -2.11. The molecule has 0 fully saturated rings. The number of hydrogen-bond donors (Lipinski definition) is 0. The maximum absolute atomic E-state index is 13.2. The smallest absolute Gasteiger partial charge is 0.255 e. The molecule has 3 nitrogen and oxygen atoms in total. The van der Waals surface area contributed by atoms with Crippen molar-refractivity contribution in [3.05, 3.63) is 90.1 Å². The van der Waals surface area contributed by atoms with Crippen molar-refractivity contribution >= 4 is 56.0 Å². The van der Waals surface area contributed by atoms with E-state index in [2.05, 4.69) is 4.98 Å². The Kier molecular flexibility index (Phi) is 8.90. The largest absolute Gasteiger partial charge is 0.446 e. The minimum Gasteiger partial charge on any atom is -0.255 e. The maximum Gasteiger partial charge on any atom is 0.446 e. The second-order valence-electron chi connectivity index (χ2n) is 7.82. The highest BCUT2D eigenvalue weighted by molar-refractivity contribution is 8.00. The molecule has 4 aromatic rings. The molecule has 2 unspecified atom stereocenters. The maximum atomic E-state index is 13.2. The van der Waals surface area contributed by atoms with Crippen LogP contribution in [0.4, 0.5) is 26.3 Å². The first-order valence-electron chi connectivity index (χ1n) is 10.7. The normalized spacial score (nSPS) is 13.9. The minimum absolute atomic E-state index is 0.0275. The molecule has 0 N–H and O–H groups in total. The predicted molar refractivity (Wildman–Crippen MR) is 139 cm³/mol. The molecule has 0 saturated heterocycles. The Balaban J connectivity index is 1.52. The number of alkyl halides is 6. The summed E-state index contributed by atoms with van der Waals surface area (Å²) in [7, 11) is -3.16. The SMILES string of the molecule is O=S(Cc1ccc(SC(F)(F)F)cc1)c1ccc(S(=O)Cc2ccc(SC(F)(F)F)cc2)c2ncccc12. The Morgan fingerprint density at radius 1 is 0.632 bits per heavy atom. The first kappa shape index (κ1) is 28.7. The number of hydrogen-bond acceptors (Lipinski definition) is 5. The van der Waals surface area contributed by atoms with E-state index in [-0.39, 0.29) is 44.8 Å². The molecule has 1 heterocycles. The number of fused-ring (bicyclic) bond motifs is 1. The zero-order valence-corrected chi connectivity index (χ0v) is 22.4. The number of aromatic nitrogens is 1. The molecule has 0 radical (unpaired) electrons.